The maximum Gasteiger partial charge on any atom is 0.224 e. The first kappa shape index (κ1) is 16.7. The van der Waals surface area contributed by atoms with Gasteiger partial charge in [-0.25, -0.2) is 0 Å². The van der Waals surface area contributed by atoms with Crippen LogP contribution in [0.25, 0.3) is 0 Å². The molecule has 6 rings (SSSR count). The fourth-order valence-electron chi connectivity index (χ4n) is 6.56. The summed E-state index contributed by atoms with van der Waals surface area (Å²) in [5, 5.41) is 0.217. The lowest BCUT2D eigenvalue weighted by molar-refractivity contribution is -0.139. The first-order valence-electron chi connectivity index (χ1n) is 9.77. The zero-order valence-electron chi connectivity index (χ0n) is 14.6. The van der Waals surface area contributed by atoms with E-state index in [1.165, 1.54) is 44.1 Å². The maximum atomic E-state index is 13.3. The highest BCUT2D eigenvalue weighted by atomic mass is 79.9. The summed E-state index contributed by atoms with van der Waals surface area (Å²) in [5.74, 6) is 4.26. The van der Waals surface area contributed by atoms with E-state index in [4.69, 9.17) is 0 Å². The summed E-state index contributed by atoms with van der Waals surface area (Å²) in [4.78, 5) is 15.5. The molecule has 4 aliphatic carbocycles. The van der Waals surface area contributed by atoms with Gasteiger partial charge in [-0.05, 0) is 79.4 Å². The third-order valence-electron chi connectivity index (χ3n) is 7.06. The van der Waals surface area contributed by atoms with Gasteiger partial charge in [0.1, 0.15) is 5.37 Å². The van der Waals surface area contributed by atoms with Crippen molar-refractivity contribution in [1.82, 2.24) is 4.90 Å². The average molecular weight is 420 g/mol. The van der Waals surface area contributed by atoms with Crippen LogP contribution in [0.2, 0.25) is 0 Å². The van der Waals surface area contributed by atoms with Gasteiger partial charge in [0, 0.05) is 23.2 Å². The van der Waals surface area contributed by atoms with E-state index in [2.05, 4.69) is 45.1 Å². The minimum atomic E-state index is 0.217. The Labute approximate surface area is 163 Å². The molecule has 25 heavy (non-hydrogen) atoms. The fraction of sp³-hybridized carbons (Fsp3) is 0.667. The van der Waals surface area contributed by atoms with Crippen LogP contribution < -0.4 is 0 Å². The van der Waals surface area contributed by atoms with Crippen molar-refractivity contribution in [2.45, 2.75) is 50.3 Å². The Kier molecular flexibility index (Phi) is 4.20. The molecule has 2 nitrogen and oxygen atoms in total. The Hall–Kier alpha value is -0.480. The van der Waals surface area contributed by atoms with Crippen molar-refractivity contribution in [1.29, 1.82) is 0 Å². The van der Waals surface area contributed by atoms with E-state index < -0.39 is 0 Å². The summed E-state index contributed by atoms with van der Waals surface area (Å²) >= 11 is 5.43. The molecule has 1 aliphatic heterocycles. The Morgan fingerprint density at radius 2 is 1.68 bits per heavy atom. The first-order chi connectivity index (χ1) is 12.1. The number of nitrogens with zero attached hydrogens (tertiary/aromatic N) is 1. The van der Waals surface area contributed by atoms with Crippen molar-refractivity contribution >= 4 is 33.6 Å². The number of amides is 1. The molecule has 0 N–H and O–H groups in total. The molecular formula is C21H26BrNOS. The zero-order chi connectivity index (χ0) is 17.0. The summed E-state index contributed by atoms with van der Waals surface area (Å²) < 4.78 is 1.10. The van der Waals surface area contributed by atoms with Gasteiger partial charge in [-0.3, -0.25) is 4.79 Å². The number of thioether (sulfide) groups is 1. The second-order valence-electron chi connectivity index (χ2n) is 8.96. The van der Waals surface area contributed by atoms with Crippen molar-refractivity contribution in [3.05, 3.63) is 34.3 Å². The highest BCUT2D eigenvalue weighted by Gasteiger charge is 2.52. The Morgan fingerprint density at radius 3 is 2.28 bits per heavy atom. The third-order valence-corrected chi connectivity index (χ3v) is 8.85. The lowest BCUT2D eigenvalue weighted by atomic mass is 9.49. The standard InChI is InChI=1S/C21H26BrNOS/c22-18-3-1-17(2-4-18)20-23(5-6-25-20)19(24)13-21-10-14-7-15(11-21)9-16(8-14)12-21/h1-4,14-16,20H,5-13H2. The zero-order valence-corrected chi connectivity index (χ0v) is 17.0. The summed E-state index contributed by atoms with van der Waals surface area (Å²) in [6.45, 7) is 0.913. The van der Waals surface area contributed by atoms with Crippen molar-refractivity contribution in [3.63, 3.8) is 0 Å². The Bertz CT molecular complexity index is 638. The molecule has 1 heterocycles. The minimum Gasteiger partial charge on any atom is -0.326 e. The van der Waals surface area contributed by atoms with Gasteiger partial charge in [0.25, 0.3) is 0 Å². The van der Waals surface area contributed by atoms with Crippen molar-refractivity contribution in [2.75, 3.05) is 12.3 Å². The lowest BCUT2D eigenvalue weighted by Gasteiger charge is -2.57. The van der Waals surface area contributed by atoms with Gasteiger partial charge in [0.2, 0.25) is 5.91 Å². The van der Waals surface area contributed by atoms with E-state index in [0.717, 1.165) is 40.9 Å². The number of benzene rings is 1. The van der Waals surface area contributed by atoms with E-state index in [-0.39, 0.29) is 5.37 Å². The van der Waals surface area contributed by atoms with Crippen molar-refractivity contribution < 1.29 is 4.79 Å². The van der Waals surface area contributed by atoms with Crippen LogP contribution in [0, 0.1) is 23.2 Å². The molecule has 0 spiro atoms. The van der Waals surface area contributed by atoms with Crippen LogP contribution in [0.1, 0.15) is 55.9 Å². The van der Waals surface area contributed by atoms with Crippen LogP contribution >= 0.6 is 27.7 Å². The summed E-state index contributed by atoms with van der Waals surface area (Å²) in [6, 6.07) is 8.52. The highest BCUT2D eigenvalue weighted by Crippen LogP contribution is 2.61. The number of hydrogen-bond donors (Lipinski definition) is 0. The molecule has 5 fully saturated rings. The second kappa shape index (κ2) is 6.30. The molecule has 1 atom stereocenters. The molecule has 0 aromatic heterocycles. The van der Waals surface area contributed by atoms with E-state index >= 15 is 0 Å². The summed E-state index contributed by atoms with van der Waals surface area (Å²) in [5.41, 5.74) is 1.62. The van der Waals surface area contributed by atoms with Gasteiger partial charge in [-0.15, -0.1) is 11.8 Å². The molecule has 1 unspecified atom stereocenters. The molecule has 4 bridgehead atoms. The molecule has 5 aliphatic rings. The van der Waals surface area contributed by atoms with Gasteiger partial charge in [-0.1, -0.05) is 28.1 Å². The fourth-order valence-corrected chi connectivity index (χ4v) is 8.10. The van der Waals surface area contributed by atoms with Crippen LogP contribution in [0.4, 0.5) is 0 Å². The summed E-state index contributed by atoms with van der Waals surface area (Å²) in [6.07, 6.45) is 9.15. The van der Waals surface area contributed by atoms with E-state index in [0.29, 0.717) is 11.3 Å². The molecule has 134 valence electrons. The van der Waals surface area contributed by atoms with Gasteiger partial charge < -0.3 is 4.90 Å². The monoisotopic (exact) mass is 419 g/mol. The number of rotatable bonds is 3. The van der Waals surface area contributed by atoms with E-state index in [9.17, 15) is 4.79 Å². The number of carbonyl (C=O) groups is 1. The van der Waals surface area contributed by atoms with Crippen LogP contribution in [0.15, 0.2) is 28.7 Å². The molecule has 1 saturated heterocycles. The van der Waals surface area contributed by atoms with Gasteiger partial charge in [0.15, 0.2) is 0 Å². The van der Waals surface area contributed by atoms with Crippen molar-refractivity contribution in [3.8, 4) is 0 Å². The quantitative estimate of drug-likeness (QED) is 0.632. The number of carbonyl (C=O) groups excluding carboxylic acids is 1. The SMILES string of the molecule is O=C(CC12CC3CC(CC(C3)C1)C2)N1CCSC1c1ccc(Br)cc1. The van der Waals surface area contributed by atoms with Crippen LogP contribution in [0.3, 0.4) is 0 Å². The van der Waals surface area contributed by atoms with Gasteiger partial charge in [0.05, 0.1) is 0 Å². The van der Waals surface area contributed by atoms with Crippen LogP contribution in [-0.2, 0) is 4.79 Å². The maximum absolute atomic E-state index is 13.3. The number of halogens is 1. The molecule has 4 saturated carbocycles. The van der Waals surface area contributed by atoms with Crippen LogP contribution in [0.5, 0.6) is 0 Å². The predicted octanol–water partition coefficient (Wildman–Crippen LogP) is 5.63. The lowest BCUT2D eigenvalue weighted by Crippen LogP contribution is -2.48. The highest BCUT2D eigenvalue weighted by molar-refractivity contribution is 9.10. The normalized spacial score (nSPS) is 39.2. The Balaban J connectivity index is 1.33. The molecule has 0 radical (unpaired) electrons. The Morgan fingerprint density at radius 1 is 1.08 bits per heavy atom. The van der Waals surface area contributed by atoms with E-state index in [1.807, 2.05) is 11.8 Å². The second-order valence-corrected chi connectivity index (χ2v) is 11.1. The largest absolute Gasteiger partial charge is 0.326 e. The molecule has 1 amide bonds. The van der Waals surface area contributed by atoms with E-state index in [1.54, 1.807) is 0 Å². The average Bonchev–Trinajstić information content (AvgIpc) is 3.03. The topological polar surface area (TPSA) is 20.3 Å². The van der Waals surface area contributed by atoms with Gasteiger partial charge >= 0.3 is 0 Å². The molecule has 4 heteroatoms. The molecule has 1 aromatic carbocycles. The molecular weight excluding hydrogens is 394 g/mol. The predicted molar refractivity (Wildman–Crippen MR) is 106 cm³/mol. The number of hydrogen-bond acceptors (Lipinski definition) is 2. The smallest absolute Gasteiger partial charge is 0.224 e. The van der Waals surface area contributed by atoms with Crippen LogP contribution in [-0.4, -0.2) is 23.1 Å². The van der Waals surface area contributed by atoms with Crippen molar-refractivity contribution in [2.24, 2.45) is 23.2 Å². The summed E-state index contributed by atoms with van der Waals surface area (Å²) in [7, 11) is 0. The first-order valence-corrected chi connectivity index (χ1v) is 11.6. The third kappa shape index (κ3) is 3.07. The van der Waals surface area contributed by atoms with Gasteiger partial charge in [-0.2, -0.15) is 0 Å². The molecule has 1 aromatic rings. The minimum absolute atomic E-state index is 0.217.